The Balaban J connectivity index is 1.53. The van der Waals surface area contributed by atoms with Gasteiger partial charge in [-0.05, 0) is 36.4 Å². The van der Waals surface area contributed by atoms with Crippen LogP contribution in [0.15, 0.2) is 41.9 Å². The van der Waals surface area contributed by atoms with E-state index in [1.165, 1.54) is 11.3 Å². The average molecular weight is 317 g/mol. The van der Waals surface area contributed by atoms with Crippen LogP contribution in [0.1, 0.15) is 28.2 Å². The summed E-state index contributed by atoms with van der Waals surface area (Å²) >= 11 is 1.42. The van der Waals surface area contributed by atoms with Gasteiger partial charge in [0.05, 0.1) is 4.88 Å². The van der Waals surface area contributed by atoms with Crippen molar-refractivity contribution in [3.8, 4) is 0 Å². The SMILES string of the molecule is O=C(CCc1ccccn1)NCCCNC(=O)c1cccs1. The number of nitrogens with one attached hydrogen (secondary N) is 2. The molecular weight excluding hydrogens is 298 g/mol. The Morgan fingerprint density at radius 3 is 2.68 bits per heavy atom. The topological polar surface area (TPSA) is 71.1 Å². The van der Waals surface area contributed by atoms with Crippen LogP contribution in [0.4, 0.5) is 0 Å². The highest BCUT2D eigenvalue weighted by Crippen LogP contribution is 2.07. The molecule has 0 atom stereocenters. The van der Waals surface area contributed by atoms with E-state index in [0.29, 0.717) is 37.2 Å². The minimum Gasteiger partial charge on any atom is -0.356 e. The molecule has 2 heterocycles. The van der Waals surface area contributed by atoms with E-state index < -0.39 is 0 Å². The van der Waals surface area contributed by atoms with Crippen LogP contribution in [0.3, 0.4) is 0 Å². The van der Waals surface area contributed by atoms with Crippen LogP contribution in [0.5, 0.6) is 0 Å². The van der Waals surface area contributed by atoms with Gasteiger partial charge in [0.25, 0.3) is 5.91 Å². The first-order valence-electron chi connectivity index (χ1n) is 7.24. The van der Waals surface area contributed by atoms with Crippen molar-refractivity contribution in [2.45, 2.75) is 19.3 Å². The summed E-state index contributed by atoms with van der Waals surface area (Å²) in [6.45, 7) is 1.11. The van der Waals surface area contributed by atoms with Gasteiger partial charge in [-0.25, -0.2) is 0 Å². The Bertz CT molecular complexity index is 585. The van der Waals surface area contributed by atoms with Gasteiger partial charge in [-0.2, -0.15) is 0 Å². The number of aryl methyl sites for hydroxylation is 1. The van der Waals surface area contributed by atoms with Crippen LogP contribution in [0.2, 0.25) is 0 Å². The second kappa shape index (κ2) is 8.94. The first kappa shape index (κ1) is 16.2. The summed E-state index contributed by atoms with van der Waals surface area (Å²) in [6.07, 6.45) is 3.51. The molecule has 5 nitrogen and oxygen atoms in total. The highest BCUT2D eigenvalue weighted by atomic mass is 32.1. The first-order valence-corrected chi connectivity index (χ1v) is 8.12. The quantitative estimate of drug-likeness (QED) is 0.732. The van der Waals surface area contributed by atoms with E-state index in [1.54, 1.807) is 12.3 Å². The number of hydrogen-bond donors (Lipinski definition) is 2. The molecule has 2 amide bonds. The van der Waals surface area contributed by atoms with Gasteiger partial charge in [0, 0.05) is 31.4 Å². The fourth-order valence-electron chi connectivity index (χ4n) is 1.89. The largest absolute Gasteiger partial charge is 0.356 e. The maximum absolute atomic E-state index is 11.7. The van der Waals surface area contributed by atoms with Crippen LogP contribution in [-0.4, -0.2) is 29.9 Å². The van der Waals surface area contributed by atoms with Gasteiger partial charge in [0.1, 0.15) is 0 Å². The van der Waals surface area contributed by atoms with Crippen molar-refractivity contribution >= 4 is 23.2 Å². The number of carbonyl (C=O) groups excluding carboxylic acids is 2. The molecule has 0 spiro atoms. The van der Waals surface area contributed by atoms with Gasteiger partial charge in [-0.15, -0.1) is 11.3 Å². The highest BCUT2D eigenvalue weighted by molar-refractivity contribution is 7.12. The van der Waals surface area contributed by atoms with Gasteiger partial charge >= 0.3 is 0 Å². The number of hydrogen-bond acceptors (Lipinski definition) is 4. The van der Waals surface area contributed by atoms with E-state index in [1.807, 2.05) is 29.6 Å². The highest BCUT2D eigenvalue weighted by Gasteiger charge is 2.05. The molecule has 22 heavy (non-hydrogen) atoms. The van der Waals surface area contributed by atoms with Gasteiger partial charge in [0.15, 0.2) is 0 Å². The summed E-state index contributed by atoms with van der Waals surface area (Å²) in [5.41, 5.74) is 0.917. The number of rotatable bonds is 8. The maximum atomic E-state index is 11.7. The predicted octanol–water partition coefficient (Wildman–Crippen LogP) is 2.01. The second-order valence-corrected chi connectivity index (χ2v) is 5.71. The lowest BCUT2D eigenvalue weighted by Gasteiger charge is -2.06. The van der Waals surface area contributed by atoms with E-state index in [0.717, 1.165) is 5.69 Å². The lowest BCUT2D eigenvalue weighted by atomic mass is 10.2. The summed E-state index contributed by atoms with van der Waals surface area (Å²) < 4.78 is 0. The summed E-state index contributed by atoms with van der Waals surface area (Å²) in [5.74, 6) is -0.0493. The van der Waals surface area contributed by atoms with E-state index in [9.17, 15) is 9.59 Å². The fourth-order valence-corrected chi connectivity index (χ4v) is 2.53. The first-order chi connectivity index (χ1) is 10.8. The molecule has 2 aromatic rings. The predicted molar refractivity (Wildman–Crippen MR) is 86.8 cm³/mol. The summed E-state index contributed by atoms with van der Waals surface area (Å²) in [4.78, 5) is 28.2. The standard InChI is InChI=1S/C16H19N3O2S/c20-15(8-7-13-5-1-2-9-17-13)18-10-4-11-19-16(21)14-6-3-12-22-14/h1-3,5-6,9,12H,4,7-8,10-11H2,(H,18,20)(H,19,21). The van der Waals surface area contributed by atoms with E-state index in [4.69, 9.17) is 0 Å². The zero-order valence-corrected chi connectivity index (χ0v) is 13.1. The van der Waals surface area contributed by atoms with Gasteiger partial charge < -0.3 is 10.6 Å². The van der Waals surface area contributed by atoms with E-state index in [-0.39, 0.29) is 11.8 Å². The molecule has 116 valence electrons. The van der Waals surface area contributed by atoms with Crippen molar-refractivity contribution in [3.05, 3.63) is 52.5 Å². The Hall–Kier alpha value is -2.21. The smallest absolute Gasteiger partial charge is 0.261 e. The Morgan fingerprint density at radius 2 is 1.95 bits per heavy atom. The number of thiophene rings is 1. The van der Waals surface area contributed by atoms with Crippen LogP contribution in [0, 0.1) is 0 Å². The number of amides is 2. The van der Waals surface area contributed by atoms with Crippen LogP contribution >= 0.6 is 11.3 Å². The third-order valence-electron chi connectivity index (χ3n) is 3.04. The Morgan fingerprint density at radius 1 is 1.09 bits per heavy atom. The third-order valence-corrected chi connectivity index (χ3v) is 3.91. The summed E-state index contributed by atoms with van der Waals surface area (Å²) in [5, 5.41) is 7.54. The molecule has 0 saturated carbocycles. The number of aromatic nitrogens is 1. The lowest BCUT2D eigenvalue weighted by molar-refractivity contribution is -0.121. The molecule has 0 saturated heterocycles. The maximum Gasteiger partial charge on any atom is 0.261 e. The molecule has 0 aliphatic rings. The van der Waals surface area contributed by atoms with E-state index in [2.05, 4.69) is 15.6 Å². The molecule has 2 aromatic heterocycles. The van der Waals surface area contributed by atoms with Crippen molar-refractivity contribution in [2.75, 3.05) is 13.1 Å². The van der Waals surface area contributed by atoms with Crippen LogP contribution < -0.4 is 10.6 Å². The van der Waals surface area contributed by atoms with Gasteiger partial charge in [-0.3, -0.25) is 14.6 Å². The molecule has 6 heteroatoms. The fraction of sp³-hybridized carbons (Fsp3) is 0.312. The minimum atomic E-state index is -0.0588. The zero-order valence-electron chi connectivity index (χ0n) is 12.2. The number of nitrogens with zero attached hydrogens (tertiary/aromatic N) is 1. The molecule has 2 N–H and O–H groups in total. The molecule has 0 fully saturated rings. The van der Waals surface area contributed by atoms with Crippen LogP contribution in [0.25, 0.3) is 0 Å². The molecule has 0 radical (unpaired) electrons. The van der Waals surface area contributed by atoms with Crippen molar-refractivity contribution in [3.63, 3.8) is 0 Å². The summed E-state index contributed by atoms with van der Waals surface area (Å²) in [6, 6.07) is 9.32. The van der Waals surface area contributed by atoms with Crippen molar-refractivity contribution in [1.29, 1.82) is 0 Å². The van der Waals surface area contributed by atoms with Crippen molar-refractivity contribution < 1.29 is 9.59 Å². The number of carbonyl (C=O) groups is 2. The molecule has 0 aromatic carbocycles. The van der Waals surface area contributed by atoms with Gasteiger partial charge in [0.2, 0.25) is 5.91 Å². The average Bonchev–Trinajstić information content (AvgIpc) is 3.08. The zero-order chi connectivity index (χ0) is 15.6. The second-order valence-electron chi connectivity index (χ2n) is 4.76. The molecule has 0 aliphatic heterocycles. The molecule has 0 aliphatic carbocycles. The normalized spacial score (nSPS) is 10.2. The van der Waals surface area contributed by atoms with Crippen molar-refractivity contribution in [1.82, 2.24) is 15.6 Å². The molecule has 0 bridgehead atoms. The lowest BCUT2D eigenvalue weighted by Crippen LogP contribution is -2.29. The Kier molecular flexibility index (Phi) is 6.57. The Labute approximate surface area is 133 Å². The monoisotopic (exact) mass is 317 g/mol. The van der Waals surface area contributed by atoms with Crippen molar-refractivity contribution in [2.24, 2.45) is 0 Å². The third kappa shape index (κ3) is 5.65. The molecular formula is C16H19N3O2S. The van der Waals surface area contributed by atoms with Gasteiger partial charge in [-0.1, -0.05) is 12.1 Å². The number of pyridine rings is 1. The molecule has 0 unspecified atom stereocenters. The minimum absolute atomic E-state index is 0.00948. The molecule has 2 rings (SSSR count). The van der Waals surface area contributed by atoms with E-state index >= 15 is 0 Å². The summed E-state index contributed by atoms with van der Waals surface area (Å²) in [7, 11) is 0. The van der Waals surface area contributed by atoms with Crippen LogP contribution in [-0.2, 0) is 11.2 Å².